The van der Waals surface area contributed by atoms with Gasteiger partial charge in [0.25, 0.3) is 0 Å². The summed E-state index contributed by atoms with van der Waals surface area (Å²) in [6.45, 7) is 6.61. The summed E-state index contributed by atoms with van der Waals surface area (Å²) >= 11 is 5.94. The highest BCUT2D eigenvalue weighted by atomic mass is 35.5. The van der Waals surface area contributed by atoms with E-state index in [4.69, 9.17) is 11.6 Å². The first-order valence-electron chi connectivity index (χ1n) is 7.70. The van der Waals surface area contributed by atoms with Gasteiger partial charge in [0, 0.05) is 17.1 Å². The summed E-state index contributed by atoms with van der Waals surface area (Å²) < 4.78 is 0. The van der Waals surface area contributed by atoms with Gasteiger partial charge in [-0.25, -0.2) is 0 Å². The number of hydrogen-bond acceptors (Lipinski definition) is 1. The van der Waals surface area contributed by atoms with Crippen LogP contribution in [-0.2, 0) is 6.42 Å². The zero-order valence-electron chi connectivity index (χ0n) is 13.1. The molecule has 0 heterocycles. The van der Waals surface area contributed by atoms with E-state index in [1.54, 1.807) is 0 Å². The molecule has 0 fully saturated rings. The molecular weight excluding hydrogens is 278 g/mol. The van der Waals surface area contributed by atoms with Gasteiger partial charge in [0.15, 0.2) is 0 Å². The number of benzene rings is 2. The van der Waals surface area contributed by atoms with Crippen molar-refractivity contribution in [3.63, 3.8) is 0 Å². The predicted octanol–water partition coefficient (Wildman–Crippen LogP) is 5.70. The maximum absolute atomic E-state index is 5.94. The molecule has 2 heteroatoms. The number of nitrogens with one attached hydrogen (secondary N) is 1. The van der Waals surface area contributed by atoms with E-state index in [0.717, 1.165) is 11.4 Å². The van der Waals surface area contributed by atoms with E-state index in [9.17, 15) is 0 Å². The van der Waals surface area contributed by atoms with E-state index in [2.05, 4.69) is 62.5 Å². The zero-order valence-corrected chi connectivity index (χ0v) is 13.8. The van der Waals surface area contributed by atoms with E-state index in [1.165, 1.54) is 23.1 Å². The lowest BCUT2D eigenvalue weighted by molar-refractivity contribution is 0.494. The Morgan fingerprint density at radius 3 is 1.81 bits per heavy atom. The summed E-state index contributed by atoms with van der Waals surface area (Å²) in [5, 5.41) is 4.42. The van der Waals surface area contributed by atoms with E-state index in [1.807, 2.05) is 12.1 Å². The van der Waals surface area contributed by atoms with Crippen molar-refractivity contribution in [1.29, 1.82) is 0 Å². The Morgan fingerprint density at radius 2 is 1.33 bits per heavy atom. The molecule has 0 aliphatic carbocycles. The maximum Gasteiger partial charge on any atom is 0.0406 e. The van der Waals surface area contributed by atoms with Crippen LogP contribution >= 0.6 is 11.6 Å². The third kappa shape index (κ3) is 4.59. The highest BCUT2D eigenvalue weighted by Crippen LogP contribution is 2.21. The van der Waals surface area contributed by atoms with Crippen molar-refractivity contribution in [1.82, 2.24) is 5.32 Å². The van der Waals surface area contributed by atoms with E-state index < -0.39 is 0 Å². The van der Waals surface area contributed by atoms with Crippen LogP contribution in [0.1, 0.15) is 56.0 Å². The summed E-state index contributed by atoms with van der Waals surface area (Å²) in [6, 6.07) is 17.6. The monoisotopic (exact) mass is 301 g/mol. The Kier molecular flexibility index (Phi) is 5.84. The highest BCUT2D eigenvalue weighted by molar-refractivity contribution is 6.30. The highest BCUT2D eigenvalue weighted by Gasteiger charge is 2.11. The number of aryl methyl sites for hydroxylation is 1. The van der Waals surface area contributed by atoms with Crippen molar-refractivity contribution in [2.45, 2.75) is 45.7 Å². The lowest BCUT2D eigenvalue weighted by Crippen LogP contribution is -2.22. The summed E-state index contributed by atoms with van der Waals surface area (Å²) in [4.78, 5) is 0. The van der Waals surface area contributed by atoms with Crippen LogP contribution in [0.2, 0.25) is 5.02 Å². The van der Waals surface area contributed by atoms with Crippen molar-refractivity contribution in [3.05, 3.63) is 70.2 Å². The van der Waals surface area contributed by atoms with Crippen LogP contribution in [0, 0.1) is 0 Å². The largest absolute Gasteiger partial charge is 0.304 e. The second kappa shape index (κ2) is 7.63. The number of hydrogen-bond donors (Lipinski definition) is 1. The molecule has 0 saturated heterocycles. The van der Waals surface area contributed by atoms with Crippen molar-refractivity contribution in [2.75, 3.05) is 0 Å². The predicted molar refractivity (Wildman–Crippen MR) is 91.9 cm³/mol. The van der Waals surface area contributed by atoms with Crippen LogP contribution in [0.5, 0.6) is 0 Å². The molecule has 0 aromatic heterocycles. The van der Waals surface area contributed by atoms with Crippen LogP contribution in [0.15, 0.2) is 48.5 Å². The van der Waals surface area contributed by atoms with Crippen molar-refractivity contribution in [3.8, 4) is 0 Å². The SMILES string of the molecule is CCCc1ccc(C(C)N[C@@H](C)c2ccc(Cl)cc2)cc1. The van der Waals surface area contributed by atoms with Crippen LogP contribution in [-0.4, -0.2) is 0 Å². The molecule has 0 amide bonds. The average Bonchev–Trinajstić information content (AvgIpc) is 2.49. The van der Waals surface area contributed by atoms with Crippen molar-refractivity contribution < 1.29 is 0 Å². The van der Waals surface area contributed by atoms with Gasteiger partial charge in [-0.15, -0.1) is 0 Å². The van der Waals surface area contributed by atoms with Crippen LogP contribution in [0.4, 0.5) is 0 Å². The first-order valence-corrected chi connectivity index (χ1v) is 8.08. The van der Waals surface area contributed by atoms with Gasteiger partial charge in [0.05, 0.1) is 0 Å². The molecule has 0 bridgehead atoms. The Balaban J connectivity index is 1.99. The van der Waals surface area contributed by atoms with Gasteiger partial charge in [-0.2, -0.15) is 0 Å². The van der Waals surface area contributed by atoms with Gasteiger partial charge in [0.1, 0.15) is 0 Å². The van der Waals surface area contributed by atoms with E-state index >= 15 is 0 Å². The molecule has 0 radical (unpaired) electrons. The lowest BCUT2D eigenvalue weighted by Gasteiger charge is -2.21. The van der Waals surface area contributed by atoms with Gasteiger partial charge in [-0.05, 0) is 49.1 Å². The molecule has 1 N–H and O–H groups in total. The molecule has 0 saturated carbocycles. The number of halogens is 1. The second-order valence-electron chi connectivity index (χ2n) is 5.65. The summed E-state index contributed by atoms with van der Waals surface area (Å²) in [7, 11) is 0. The molecule has 2 rings (SSSR count). The first-order chi connectivity index (χ1) is 10.1. The fourth-order valence-electron chi connectivity index (χ4n) is 2.58. The molecule has 112 valence electrons. The van der Waals surface area contributed by atoms with E-state index in [-0.39, 0.29) is 0 Å². The molecule has 2 aromatic rings. The van der Waals surface area contributed by atoms with Gasteiger partial charge >= 0.3 is 0 Å². The maximum atomic E-state index is 5.94. The first kappa shape index (κ1) is 16.1. The molecule has 1 nitrogen and oxygen atoms in total. The van der Waals surface area contributed by atoms with E-state index in [0.29, 0.717) is 12.1 Å². The number of rotatable bonds is 6. The average molecular weight is 302 g/mol. The smallest absolute Gasteiger partial charge is 0.0406 e. The molecule has 2 aromatic carbocycles. The molecule has 1 unspecified atom stereocenters. The summed E-state index contributed by atoms with van der Waals surface area (Å²) in [6.07, 6.45) is 2.35. The molecule has 0 spiro atoms. The fraction of sp³-hybridized carbons (Fsp3) is 0.368. The lowest BCUT2D eigenvalue weighted by atomic mass is 10.0. The molecule has 0 aliphatic heterocycles. The molecule has 21 heavy (non-hydrogen) atoms. The minimum Gasteiger partial charge on any atom is -0.304 e. The van der Waals surface area contributed by atoms with Crippen LogP contribution in [0.3, 0.4) is 0 Å². The molecule has 2 atom stereocenters. The summed E-state index contributed by atoms with van der Waals surface area (Å²) in [5.41, 5.74) is 4.00. The topological polar surface area (TPSA) is 12.0 Å². The van der Waals surface area contributed by atoms with Crippen molar-refractivity contribution in [2.24, 2.45) is 0 Å². The third-order valence-corrected chi connectivity index (χ3v) is 4.14. The minimum atomic E-state index is 0.299. The molecule has 0 aliphatic rings. The van der Waals surface area contributed by atoms with Gasteiger partial charge in [-0.1, -0.05) is 61.3 Å². The van der Waals surface area contributed by atoms with Gasteiger partial charge in [0.2, 0.25) is 0 Å². The Bertz CT molecular complexity index is 545. The third-order valence-electron chi connectivity index (χ3n) is 3.89. The Morgan fingerprint density at radius 1 is 0.857 bits per heavy atom. The van der Waals surface area contributed by atoms with Crippen LogP contribution in [0.25, 0.3) is 0 Å². The fourth-order valence-corrected chi connectivity index (χ4v) is 2.71. The standard InChI is InChI=1S/C19H24ClN/c1-4-5-16-6-8-17(9-7-16)14(2)21-15(3)18-10-12-19(20)13-11-18/h6-15,21H,4-5H2,1-3H3/t14?,15-/m0/s1. The summed E-state index contributed by atoms with van der Waals surface area (Å²) in [5.74, 6) is 0. The quantitative estimate of drug-likeness (QED) is 0.721. The minimum absolute atomic E-state index is 0.299. The van der Waals surface area contributed by atoms with Gasteiger partial charge in [-0.3, -0.25) is 0 Å². The molecular formula is C19H24ClN. The Labute approximate surface area is 133 Å². The Hall–Kier alpha value is -1.31. The van der Waals surface area contributed by atoms with Crippen LogP contribution < -0.4 is 5.32 Å². The second-order valence-corrected chi connectivity index (χ2v) is 6.09. The zero-order chi connectivity index (χ0) is 15.2. The normalized spacial score (nSPS) is 13.9. The van der Waals surface area contributed by atoms with Crippen molar-refractivity contribution >= 4 is 11.6 Å². The van der Waals surface area contributed by atoms with Gasteiger partial charge < -0.3 is 5.32 Å².